The first-order chi connectivity index (χ1) is 13.5. The third-order valence-corrected chi connectivity index (χ3v) is 5.34. The van der Waals surface area contributed by atoms with E-state index in [1.807, 2.05) is 44.2 Å². The number of aryl methyl sites for hydroxylation is 2. The zero-order valence-electron chi connectivity index (χ0n) is 16.3. The number of ether oxygens (including phenoxy) is 1. The average Bonchev–Trinajstić information content (AvgIpc) is 3.03. The van der Waals surface area contributed by atoms with Crippen molar-refractivity contribution >= 4 is 16.9 Å². The van der Waals surface area contributed by atoms with Gasteiger partial charge < -0.3 is 14.5 Å². The SMILES string of the molecule is CCCCOc1cccc(C2NC(=O)c3oc4c(C)c(C)ccc4c(=O)c32)c1. The van der Waals surface area contributed by atoms with Crippen LogP contribution in [0.25, 0.3) is 11.0 Å². The molecule has 1 amide bonds. The zero-order chi connectivity index (χ0) is 19.8. The van der Waals surface area contributed by atoms with Gasteiger partial charge in [-0.1, -0.05) is 31.5 Å². The van der Waals surface area contributed by atoms with Crippen LogP contribution in [0.5, 0.6) is 5.75 Å². The average molecular weight is 377 g/mol. The number of nitrogens with one attached hydrogen (secondary N) is 1. The summed E-state index contributed by atoms with van der Waals surface area (Å²) in [5.41, 5.74) is 3.38. The number of amides is 1. The van der Waals surface area contributed by atoms with Crippen molar-refractivity contribution in [3.05, 3.63) is 74.6 Å². The van der Waals surface area contributed by atoms with E-state index in [2.05, 4.69) is 12.2 Å². The molecule has 2 heterocycles. The van der Waals surface area contributed by atoms with Gasteiger partial charge in [-0.05, 0) is 55.2 Å². The predicted molar refractivity (Wildman–Crippen MR) is 108 cm³/mol. The summed E-state index contributed by atoms with van der Waals surface area (Å²) in [6.07, 6.45) is 2.03. The fourth-order valence-electron chi connectivity index (χ4n) is 3.57. The number of fused-ring (bicyclic) bond motifs is 2. The van der Waals surface area contributed by atoms with Crippen molar-refractivity contribution in [3.63, 3.8) is 0 Å². The van der Waals surface area contributed by atoms with E-state index >= 15 is 0 Å². The second-order valence-corrected chi connectivity index (χ2v) is 7.24. The van der Waals surface area contributed by atoms with E-state index in [-0.39, 0.29) is 17.1 Å². The lowest BCUT2D eigenvalue weighted by molar-refractivity contribution is 0.0937. The molecule has 4 rings (SSSR count). The Bertz CT molecular complexity index is 1130. The normalized spacial score (nSPS) is 15.5. The van der Waals surface area contributed by atoms with Gasteiger partial charge >= 0.3 is 0 Å². The molecule has 0 radical (unpaired) electrons. The molecule has 1 aliphatic heterocycles. The van der Waals surface area contributed by atoms with Crippen LogP contribution in [0, 0.1) is 13.8 Å². The van der Waals surface area contributed by atoms with Crippen molar-refractivity contribution in [3.8, 4) is 5.75 Å². The lowest BCUT2D eigenvalue weighted by Gasteiger charge is -2.14. The largest absolute Gasteiger partial charge is 0.494 e. The summed E-state index contributed by atoms with van der Waals surface area (Å²) in [6, 6.07) is 10.6. The molecule has 5 nitrogen and oxygen atoms in total. The van der Waals surface area contributed by atoms with Crippen molar-refractivity contribution in [1.82, 2.24) is 5.32 Å². The third kappa shape index (κ3) is 2.97. The van der Waals surface area contributed by atoms with E-state index in [0.717, 1.165) is 35.3 Å². The van der Waals surface area contributed by atoms with Crippen LogP contribution in [0.2, 0.25) is 0 Å². The molecule has 1 N–H and O–H groups in total. The molecule has 1 atom stereocenters. The quantitative estimate of drug-likeness (QED) is 0.668. The summed E-state index contributed by atoms with van der Waals surface area (Å²) < 4.78 is 11.7. The van der Waals surface area contributed by atoms with Gasteiger partial charge in [0, 0.05) is 0 Å². The Hall–Kier alpha value is -3.08. The molecule has 0 fully saturated rings. The highest BCUT2D eigenvalue weighted by Gasteiger charge is 2.36. The van der Waals surface area contributed by atoms with Gasteiger partial charge in [0.05, 0.1) is 23.6 Å². The van der Waals surface area contributed by atoms with E-state index in [1.165, 1.54) is 0 Å². The maximum absolute atomic E-state index is 13.2. The molecule has 144 valence electrons. The molecule has 0 saturated heterocycles. The first-order valence-corrected chi connectivity index (χ1v) is 9.61. The van der Waals surface area contributed by atoms with Gasteiger partial charge in [0.2, 0.25) is 5.76 Å². The molecule has 28 heavy (non-hydrogen) atoms. The van der Waals surface area contributed by atoms with Gasteiger partial charge in [-0.2, -0.15) is 0 Å². The number of hydrogen-bond acceptors (Lipinski definition) is 4. The molecule has 2 aromatic carbocycles. The molecule has 1 aromatic heterocycles. The minimum atomic E-state index is -0.542. The summed E-state index contributed by atoms with van der Waals surface area (Å²) in [4.78, 5) is 25.8. The molecule has 0 spiro atoms. The fraction of sp³-hybridized carbons (Fsp3) is 0.304. The van der Waals surface area contributed by atoms with Crippen molar-refractivity contribution in [2.45, 2.75) is 39.7 Å². The number of benzene rings is 2. The first-order valence-electron chi connectivity index (χ1n) is 9.61. The third-order valence-electron chi connectivity index (χ3n) is 5.34. The number of hydrogen-bond donors (Lipinski definition) is 1. The molecule has 3 aromatic rings. The van der Waals surface area contributed by atoms with Crippen LogP contribution in [0.4, 0.5) is 0 Å². The van der Waals surface area contributed by atoms with Crippen LogP contribution in [0.3, 0.4) is 0 Å². The van der Waals surface area contributed by atoms with Crippen LogP contribution in [0.15, 0.2) is 45.6 Å². The summed E-state index contributed by atoms with van der Waals surface area (Å²) >= 11 is 0. The van der Waals surface area contributed by atoms with Crippen LogP contribution in [0.1, 0.15) is 58.6 Å². The number of carbonyl (C=O) groups excluding carboxylic acids is 1. The molecule has 1 unspecified atom stereocenters. The predicted octanol–water partition coefficient (Wildman–Crippen LogP) is 4.42. The highest BCUT2D eigenvalue weighted by Crippen LogP contribution is 2.33. The van der Waals surface area contributed by atoms with E-state index in [0.29, 0.717) is 23.1 Å². The lowest BCUT2D eigenvalue weighted by atomic mass is 9.98. The Balaban J connectivity index is 1.81. The molecular formula is C23H23NO4. The molecule has 1 aliphatic rings. The number of carbonyl (C=O) groups is 1. The van der Waals surface area contributed by atoms with Gasteiger partial charge in [0.15, 0.2) is 5.43 Å². The first kappa shape index (κ1) is 18.3. The Morgan fingerprint density at radius 2 is 1.96 bits per heavy atom. The highest BCUT2D eigenvalue weighted by atomic mass is 16.5. The van der Waals surface area contributed by atoms with Crippen LogP contribution in [-0.2, 0) is 0 Å². The van der Waals surface area contributed by atoms with E-state index in [9.17, 15) is 9.59 Å². The van der Waals surface area contributed by atoms with Gasteiger partial charge in [-0.15, -0.1) is 0 Å². The van der Waals surface area contributed by atoms with Crippen molar-refractivity contribution in [1.29, 1.82) is 0 Å². The lowest BCUT2D eigenvalue weighted by Crippen LogP contribution is -2.22. The van der Waals surface area contributed by atoms with Crippen molar-refractivity contribution in [2.24, 2.45) is 0 Å². The maximum Gasteiger partial charge on any atom is 0.288 e. The Morgan fingerprint density at radius 1 is 1.14 bits per heavy atom. The van der Waals surface area contributed by atoms with Gasteiger partial charge in [0.25, 0.3) is 5.91 Å². The van der Waals surface area contributed by atoms with E-state index < -0.39 is 6.04 Å². The smallest absolute Gasteiger partial charge is 0.288 e. The molecule has 5 heteroatoms. The van der Waals surface area contributed by atoms with E-state index in [1.54, 1.807) is 6.07 Å². The Labute approximate surface area is 163 Å². The Morgan fingerprint density at radius 3 is 2.75 bits per heavy atom. The van der Waals surface area contributed by atoms with E-state index in [4.69, 9.17) is 9.15 Å². The summed E-state index contributed by atoms with van der Waals surface area (Å²) in [6.45, 7) is 6.60. The minimum Gasteiger partial charge on any atom is -0.494 e. The van der Waals surface area contributed by atoms with Gasteiger partial charge in [-0.25, -0.2) is 0 Å². The summed E-state index contributed by atoms with van der Waals surface area (Å²) in [5, 5.41) is 3.39. The van der Waals surface area contributed by atoms with Gasteiger partial charge in [0.1, 0.15) is 11.3 Å². The highest BCUT2D eigenvalue weighted by molar-refractivity contribution is 5.99. The fourth-order valence-corrected chi connectivity index (χ4v) is 3.57. The molecule has 0 saturated carbocycles. The second kappa shape index (κ2) is 7.15. The standard InChI is InChI=1S/C23H23NO4/c1-4-5-11-27-16-8-6-7-15(12-16)19-18-20(25)17-10-9-13(2)14(3)21(17)28-22(18)23(26)24-19/h6-10,12,19H,4-5,11H2,1-3H3,(H,24,26). The van der Waals surface area contributed by atoms with Crippen molar-refractivity contribution < 1.29 is 13.9 Å². The number of unbranched alkanes of at least 4 members (excludes halogenated alkanes) is 1. The minimum absolute atomic E-state index is 0.105. The van der Waals surface area contributed by atoms with Crippen molar-refractivity contribution in [2.75, 3.05) is 6.61 Å². The molecule has 0 bridgehead atoms. The van der Waals surface area contributed by atoms with Gasteiger partial charge in [-0.3, -0.25) is 9.59 Å². The molecular weight excluding hydrogens is 354 g/mol. The zero-order valence-corrected chi connectivity index (χ0v) is 16.3. The summed E-state index contributed by atoms with van der Waals surface area (Å²) in [7, 11) is 0. The van der Waals surface area contributed by atoms with Crippen LogP contribution in [-0.4, -0.2) is 12.5 Å². The number of rotatable bonds is 5. The second-order valence-electron chi connectivity index (χ2n) is 7.24. The monoisotopic (exact) mass is 377 g/mol. The molecule has 0 aliphatic carbocycles. The maximum atomic E-state index is 13.2. The van der Waals surface area contributed by atoms with Crippen LogP contribution < -0.4 is 15.5 Å². The Kier molecular flexibility index (Phi) is 4.67. The summed E-state index contributed by atoms with van der Waals surface area (Å²) in [5.74, 6) is 0.469. The topological polar surface area (TPSA) is 68.5 Å². The van der Waals surface area contributed by atoms with Crippen LogP contribution >= 0.6 is 0 Å².